The van der Waals surface area contributed by atoms with Gasteiger partial charge in [0.05, 0.1) is 74.6 Å². The SMILES string of the molecule is [C-]#[N+]c1ccc2c(c1)c1cc(C#N)ccc1n2-c1cccc2c1Sc1ccccc1C21c2cccnc2-c2ncc(-n3c4ccccc4c4ccccc43)cc21. The highest BCUT2D eigenvalue weighted by molar-refractivity contribution is 7.99. The number of hydrogen-bond donors (Lipinski definition) is 0. The molecule has 1 aliphatic heterocycles. The lowest BCUT2D eigenvalue weighted by Crippen LogP contribution is -2.32. The van der Waals surface area contributed by atoms with E-state index in [-0.39, 0.29) is 0 Å². The predicted octanol–water partition coefficient (Wildman–Crippen LogP) is 11.9. The maximum Gasteiger partial charge on any atom is 0.188 e. The van der Waals surface area contributed by atoms with Crippen LogP contribution in [0.4, 0.5) is 5.69 Å². The second kappa shape index (κ2) is 11.3. The number of rotatable bonds is 2. The summed E-state index contributed by atoms with van der Waals surface area (Å²) in [6, 6.07) is 53.2. The monoisotopic (exact) mass is 730 g/mol. The van der Waals surface area contributed by atoms with Gasteiger partial charge in [-0.25, -0.2) is 4.85 Å². The van der Waals surface area contributed by atoms with Crippen LogP contribution in [-0.4, -0.2) is 19.1 Å². The van der Waals surface area contributed by atoms with Crippen molar-refractivity contribution in [1.82, 2.24) is 19.1 Å². The zero-order chi connectivity index (χ0) is 37.1. The van der Waals surface area contributed by atoms with Crippen molar-refractivity contribution in [2.75, 3.05) is 0 Å². The zero-order valence-corrected chi connectivity index (χ0v) is 30.4. The summed E-state index contributed by atoms with van der Waals surface area (Å²) in [6.45, 7) is 7.77. The van der Waals surface area contributed by atoms with Gasteiger partial charge in [0.1, 0.15) is 0 Å². The minimum Gasteiger partial charge on any atom is -0.308 e. The van der Waals surface area contributed by atoms with Gasteiger partial charge in [0, 0.05) is 37.7 Å². The largest absolute Gasteiger partial charge is 0.308 e. The second-order valence-corrected chi connectivity index (χ2v) is 15.4. The van der Waals surface area contributed by atoms with Crippen LogP contribution in [0.25, 0.3) is 71.2 Å². The first-order chi connectivity index (χ1) is 27.7. The Labute approximate surface area is 325 Å². The first-order valence-corrected chi connectivity index (χ1v) is 19.2. The van der Waals surface area contributed by atoms with Crippen molar-refractivity contribution in [1.29, 1.82) is 5.26 Å². The molecule has 1 spiro atoms. The highest BCUT2D eigenvalue weighted by atomic mass is 32.2. The van der Waals surface area contributed by atoms with Crippen LogP contribution in [0, 0.1) is 17.9 Å². The fourth-order valence-electron chi connectivity index (χ4n) is 9.51. The van der Waals surface area contributed by atoms with Gasteiger partial charge in [-0.05, 0) is 88.8 Å². The van der Waals surface area contributed by atoms with Crippen LogP contribution < -0.4 is 0 Å². The molecule has 0 radical (unpaired) electrons. The summed E-state index contributed by atoms with van der Waals surface area (Å²) >= 11 is 1.79. The van der Waals surface area contributed by atoms with Crippen molar-refractivity contribution in [2.24, 2.45) is 0 Å². The number of pyridine rings is 2. The maximum absolute atomic E-state index is 9.89. The van der Waals surface area contributed by atoms with Crippen LogP contribution in [-0.2, 0) is 5.41 Å². The Morgan fingerprint density at radius 3 is 2.07 bits per heavy atom. The molecule has 1 aliphatic carbocycles. The average molecular weight is 731 g/mol. The topological polar surface area (TPSA) is 63.8 Å². The Bertz CT molecular complexity index is 3330. The molecule has 6 aromatic carbocycles. The Kier molecular flexibility index (Phi) is 6.24. The molecule has 12 rings (SSSR count). The summed E-state index contributed by atoms with van der Waals surface area (Å²) in [7, 11) is 0. The van der Waals surface area contributed by atoms with E-state index in [1.54, 1.807) is 11.8 Å². The average Bonchev–Trinajstić information content (AvgIpc) is 3.87. The molecule has 258 valence electrons. The molecule has 0 saturated carbocycles. The predicted molar refractivity (Wildman–Crippen MR) is 223 cm³/mol. The lowest BCUT2D eigenvalue weighted by molar-refractivity contribution is 0.716. The standard InChI is InChI=1S/C49H26N6S/c1-51-30-20-22-43-35(25-30)34-24-29(27-50)19-21-42(34)55(43)44-17-8-13-38-48(44)56-45-18-7-4-12-36(45)49(38)37-14-9-23-52-46(37)47-39(49)26-31(28-53-47)54-40-15-5-2-10-32(40)33-11-3-6-16-41(33)54/h2-26,28H. The van der Waals surface area contributed by atoms with Gasteiger partial charge in [0.15, 0.2) is 5.69 Å². The second-order valence-electron chi connectivity index (χ2n) is 14.4. The number of nitriles is 1. The van der Waals surface area contributed by atoms with Crippen LogP contribution in [0.1, 0.15) is 27.8 Å². The van der Waals surface area contributed by atoms with E-state index in [1.807, 2.05) is 54.9 Å². The molecule has 0 amide bonds. The fraction of sp³-hybridized carbons (Fsp3) is 0.0204. The lowest BCUT2D eigenvalue weighted by atomic mass is 9.67. The number of fused-ring (bicyclic) bond motifs is 15. The fourth-order valence-corrected chi connectivity index (χ4v) is 10.8. The Hall–Kier alpha value is -7.45. The molecule has 56 heavy (non-hydrogen) atoms. The molecular weight excluding hydrogens is 705 g/mol. The Balaban J connectivity index is 1.20. The number of benzene rings is 6. The van der Waals surface area contributed by atoms with Crippen molar-refractivity contribution >= 4 is 61.1 Å². The molecule has 1 atom stereocenters. The van der Waals surface area contributed by atoms with Gasteiger partial charge < -0.3 is 9.13 Å². The molecule has 5 heterocycles. The minimum absolute atomic E-state index is 0.564. The molecule has 2 aliphatic rings. The van der Waals surface area contributed by atoms with Gasteiger partial charge in [-0.2, -0.15) is 5.26 Å². The first kappa shape index (κ1) is 31.0. The number of nitrogens with zero attached hydrogens (tertiary/aromatic N) is 6. The molecular formula is C49H26N6S. The molecule has 6 nitrogen and oxygen atoms in total. The van der Waals surface area contributed by atoms with E-state index < -0.39 is 5.41 Å². The molecule has 10 aromatic rings. The van der Waals surface area contributed by atoms with Gasteiger partial charge in [-0.1, -0.05) is 90.6 Å². The van der Waals surface area contributed by atoms with Gasteiger partial charge >= 0.3 is 0 Å². The smallest absolute Gasteiger partial charge is 0.188 e. The van der Waals surface area contributed by atoms with E-state index in [0.717, 1.165) is 77.2 Å². The summed E-state index contributed by atoms with van der Waals surface area (Å²) in [4.78, 5) is 16.4. The molecule has 1 unspecified atom stereocenters. The van der Waals surface area contributed by atoms with E-state index in [1.165, 1.54) is 21.2 Å². The first-order valence-electron chi connectivity index (χ1n) is 18.4. The Morgan fingerprint density at radius 1 is 0.589 bits per heavy atom. The quantitative estimate of drug-likeness (QED) is 0.166. The summed E-state index contributed by atoms with van der Waals surface area (Å²) in [6.07, 6.45) is 3.87. The van der Waals surface area contributed by atoms with E-state index in [9.17, 15) is 5.26 Å². The summed E-state index contributed by atoms with van der Waals surface area (Å²) in [5.41, 5.74) is 13.0. The third-order valence-corrected chi connectivity index (χ3v) is 12.9. The summed E-state index contributed by atoms with van der Waals surface area (Å²) in [5.74, 6) is 0. The number of para-hydroxylation sites is 2. The Morgan fingerprint density at radius 2 is 1.27 bits per heavy atom. The normalized spacial score (nSPS) is 15.1. The van der Waals surface area contributed by atoms with Crippen molar-refractivity contribution < 1.29 is 0 Å². The molecule has 7 heteroatoms. The zero-order valence-electron chi connectivity index (χ0n) is 29.6. The molecule has 0 saturated heterocycles. The van der Waals surface area contributed by atoms with Gasteiger partial charge in [-0.15, -0.1) is 0 Å². The number of aromatic nitrogens is 4. The highest BCUT2D eigenvalue weighted by Crippen LogP contribution is 2.62. The lowest BCUT2D eigenvalue weighted by Gasteiger charge is -2.40. The highest BCUT2D eigenvalue weighted by Gasteiger charge is 2.52. The van der Waals surface area contributed by atoms with E-state index in [4.69, 9.17) is 16.5 Å². The van der Waals surface area contributed by atoms with E-state index >= 15 is 0 Å². The van der Waals surface area contributed by atoms with Crippen LogP contribution in [0.5, 0.6) is 0 Å². The summed E-state index contributed by atoms with van der Waals surface area (Å²) < 4.78 is 4.65. The third-order valence-electron chi connectivity index (χ3n) is 11.7. The van der Waals surface area contributed by atoms with E-state index in [2.05, 4.69) is 123 Å². The minimum atomic E-state index is -0.724. The van der Waals surface area contributed by atoms with Crippen LogP contribution in [0.15, 0.2) is 168 Å². The number of hydrogen-bond acceptors (Lipinski definition) is 4. The van der Waals surface area contributed by atoms with Gasteiger partial charge in [0.25, 0.3) is 0 Å². The third kappa shape index (κ3) is 3.89. The maximum atomic E-state index is 9.89. The van der Waals surface area contributed by atoms with Gasteiger partial charge in [-0.3, -0.25) is 9.97 Å². The van der Waals surface area contributed by atoms with E-state index in [0.29, 0.717) is 11.3 Å². The van der Waals surface area contributed by atoms with Crippen molar-refractivity contribution in [3.8, 4) is 28.8 Å². The van der Waals surface area contributed by atoms with Crippen molar-refractivity contribution in [2.45, 2.75) is 15.2 Å². The molecule has 0 fully saturated rings. The van der Waals surface area contributed by atoms with Crippen LogP contribution >= 0.6 is 11.8 Å². The van der Waals surface area contributed by atoms with Crippen LogP contribution in [0.3, 0.4) is 0 Å². The van der Waals surface area contributed by atoms with Gasteiger partial charge in [0.2, 0.25) is 0 Å². The molecule has 0 N–H and O–H groups in total. The molecule has 4 aromatic heterocycles. The van der Waals surface area contributed by atoms with Crippen molar-refractivity contribution in [3.05, 3.63) is 197 Å². The van der Waals surface area contributed by atoms with Crippen LogP contribution in [0.2, 0.25) is 0 Å². The molecule has 0 bridgehead atoms. The summed E-state index contributed by atoms with van der Waals surface area (Å²) in [5, 5.41) is 14.2. The van der Waals surface area contributed by atoms with Crippen molar-refractivity contribution in [3.63, 3.8) is 0 Å².